The summed E-state index contributed by atoms with van der Waals surface area (Å²) in [5, 5.41) is 0. The lowest BCUT2D eigenvalue weighted by atomic mass is 9.94. The van der Waals surface area contributed by atoms with Gasteiger partial charge in [0.05, 0.1) is 0 Å². The Morgan fingerprint density at radius 1 is 1.57 bits per heavy atom. The predicted octanol–water partition coefficient (Wildman–Crippen LogP) is 3.03. The van der Waals surface area contributed by atoms with Crippen LogP contribution >= 0.6 is 11.8 Å². The average molecular weight is 206 g/mol. The van der Waals surface area contributed by atoms with Crippen LogP contribution in [0.1, 0.15) is 30.9 Å². The summed E-state index contributed by atoms with van der Waals surface area (Å²) in [7, 11) is 0. The fourth-order valence-corrected chi connectivity index (χ4v) is 3.25. The Morgan fingerprint density at radius 3 is 3.07 bits per heavy atom. The van der Waals surface area contributed by atoms with E-state index in [0.29, 0.717) is 12.3 Å². The van der Waals surface area contributed by atoms with Crippen LogP contribution in [0.25, 0.3) is 0 Å². The van der Waals surface area contributed by atoms with Gasteiger partial charge in [-0.15, -0.1) is 11.8 Å². The maximum atomic E-state index is 11.1. The van der Waals surface area contributed by atoms with Crippen LogP contribution in [0.15, 0.2) is 23.1 Å². The van der Waals surface area contributed by atoms with Crippen molar-refractivity contribution in [1.29, 1.82) is 0 Å². The number of ketones is 1. The molecule has 0 amide bonds. The van der Waals surface area contributed by atoms with E-state index in [9.17, 15) is 4.79 Å². The van der Waals surface area contributed by atoms with Gasteiger partial charge >= 0.3 is 0 Å². The molecule has 0 N–H and O–H groups in total. The monoisotopic (exact) mass is 206 g/mol. The van der Waals surface area contributed by atoms with E-state index >= 15 is 0 Å². The highest BCUT2D eigenvalue weighted by molar-refractivity contribution is 7.99. The third-order valence-electron chi connectivity index (χ3n) is 2.58. The summed E-state index contributed by atoms with van der Waals surface area (Å²) in [6.07, 6.45) is 0.591. The third-order valence-corrected chi connectivity index (χ3v) is 3.91. The van der Waals surface area contributed by atoms with Crippen molar-refractivity contribution in [3.05, 3.63) is 29.3 Å². The Balaban J connectivity index is 2.41. The summed E-state index contributed by atoms with van der Waals surface area (Å²) in [6, 6.07) is 6.30. The number of rotatable bonds is 2. The molecule has 2 heteroatoms. The second kappa shape index (κ2) is 3.77. The van der Waals surface area contributed by atoms with Crippen molar-refractivity contribution in [2.24, 2.45) is 0 Å². The van der Waals surface area contributed by atoms with Crippen molar-refractivity contribution in [2.75, 3.05) is 5.75 Å². The van der Waals surface area contributed by atoms with E-state index < -0.39 is 0 Å². The van der Waals surface area contributed by atoms with Crippen molar-refractivity contribution in [1.82, 2.24) is 0 Å². The fourth-order valence-electron chi connectivity index (χ4n) is 2.00. The molecule has 1 aliphatic heterocycles. The lowest BCUT2D eigenvalue weighted by molar-refractivity contribution is -0.116. The van der Waals surface area contributed by atoms with Gasteiger partial charge in [-0.2, -0.15) is 0 Å². The van der Waals surface area contributed by atoms with Gasteiger partial charge in [0.1, 0.15) is 5.78 Å². The van der Waals surface area contributed by atoms with Gasteiger partial charge in [0, 0.05) is 17.1 Å². The number of hydrogen-bond acceptors (Lipinski definition) is 2. The zero-order valence-corrected chi connectivity index (χ0v) is 9.36. The summed E-state index contributed by atoms with van der Waals surface area (Å²) in [4.78, 5) is 12.5. The van der Waals surface area contributed by atoms with Crippen LogP contribution in [0.5, 0.6) is 0 Å². The Labute approximate surface area is 88.9 Å². The maximum absolute atomic E-state index is 11.1. The lowest BCUT2D eigenvalue weighted by Gasteiger charge is -2.09. The molecule has 74 valence electrons. The number of Topliss-reactive ketones (excluding diaryl/α,β-unsaturated/α-hetero) is 1. The largest absolute Gasteiger partial charge is 0.300 e. The first-order chi connectivity index (χ1) is 6.68. The average Bonchev–Trinajstić information content (AvgIpc) is 2.48. The summed E-state index contributed by atoms with van der Waals surface area (Å²) < 4.78 is 0. The van der Waals surface area contributed by atoms with Crippen LogP contribution in [0, 0.1) is 0 Å². The van der Waals surface area contributed by atoms with E-state index in [1.54, 1.807) is 6.92 Å². The van der Waals surface area contributed by atoms with E-state index in [0.717, 1.165) is 5.75 Å². The van der Waals surface area contributed by atoms with Gasteiger partial charge < -0.3 is 0 Å². The molecule has 14 heavy (non-hydrogen) atoms. The van der Waals surface area contributed by atoms with Crippen LogP contribution < -0.4 is 0 Å². The molecule has 1 heterocycles. The van der Waals surface area contributed by atoms with Gasteiger partial charge in [-0.1, -0.05) is 19.1 Å². The molecule has 1 aromatic rings. The standard InChI is InChI=1S/C12H14OS/c1-8-7-14-11-5-3-4-10(12(8)11)6-9(2)13/h3-5,8H,6-7H2,1-2H3. The smallest absolute Gasteiger partial charge is 0.134 e. The highest BCUT2D eigenvalue weighted by Gasteiger charge is 2.22. The molecule has 0 bridgehead atoms. The highest BCUT2D eigenvalue weighted by Crippen LogP contribution is 2.41. The SMILES string of the molecule is CC(=O)Cc1cccc2c1C(C)CS2. The van der Waals surface area contributed by atoms with E-state index in [2.05, 4.69) is 25.1 Å². The summed E-state index contributed by atoms with van der Waals surface area (Å²) in [5.74, 6) is 2.01. The summed E-state index contributed by atoms with van der Waals surface area (Å²) >= 11 is 1.91. The quantitative estimate of drug-likeness (QED) is 0.740. The van der Waals surface area contributed by atoms with Gasteiger partial charge in [0.2, 0.25) is 0 Å². The van der Waals surface area contributed by atoms with Gasteiger partial charge in [-0.25, -0.2) is 0 Å². The summed E-state index contributed by atoms with van der Waals surface area (Å²) in [6.45, 7) is 3.90. The van der Waals surface area contributed by atoms with Crippen molar-refractivity contribution in [3.8, 4) is 0 Å². The molecule has 1 unspecified atom stereocenters. The molecule has 1 aliphatic rings. The first-order valence-corrected chi connectivity index (χ1v) is 5.91. The molecule has 0 saturated carbocycles. The third kappa shape index (κ3) is 1.71. The lowest BCUT2D eigenvalue weighted by Crippen LogP contribution is -2.02. The molecule has 1 nitrogen and oxygen atoms in total. The zero-order chi connectivity index (χ0) is 10.1. The Morgan fingerprint density at radius 2 is 2.36 bits per heavy atom. The summed E-state index contributed by atoms with van der Waals surface area (Å²) in [5.41, 5.74) is 2.64. The minimum absolute atomic E-state index is 0.252. The number of fused-ring (bicyclic) bond motifs is 1. The van der Waals surface area contributed by atoms with Gasteiger partial charge in [0.15, 0.2) is 0 Å². The van der Waals surface area contributed by atoms with E-state index in [1.165, 1.54) is 16.0 Å². The van der Waals surface area contributed by atoms with Crippen LogP contribution in [0.2, 0.25) is 0 Å². The van der Waals surface area contributed by atoms with Crippen LogP contribution in [0.3, 0.4) is 0 Å². The minimum atomic E-state index is 0.252. The Bertz CT molecular complexity index is 371. The number of carbonyl (C=O) groups is 1. The molecule has 0 saturated heterocycles. The molecule has 0 aromatic heterocycles. The van der Waals surface area contributed by atoms with Crippen LogP contribution in [0.4, 0.5) is 0 Å². The zero-order valence-electron chi connectivity index (χ0n) is 8.54. The molecular weight excluding hydrogens is 192 g/mol. The topological polar surface area (TPSA) is 17.1 Å². The molecule has 0 spiro atoms. The molecule has 2 rings (SSSR count). The van der Waals surface area contributed by atoms with Crippen molar-refractivity contribution < 1.29 is 4.79 Å². The minimum Gasteiger partial charge on any atom is -0.300 e. The van der Waals surface area contributed by atoms with Crippen LogP contribution in [-0.4, -0.2) is 11.5 Å². The van der Waals surface area contributed by atoms with Crippen LogP contribution in [-0.2, 0) is 11.2 Å². The van der Waals surface area contributed by atoms with Crippen molar-refractivity contribution in [2.45, 2.75) is 31.1 Å². The second-order valence-electron chi connectivity index (χ2n) is 3.92. The van der Waals surface area contributed by atoms with Crippen molar-refractivity contribution >= 4 is 17.5 Å². The molecule has 1 aromatic carbocycles. The maximum Gasteiger partial charge on any atom is 0.134 e. The van der Waals surface area contributed by atoms with Crippen molar-refractivity contribution in [3.63, 3.8) is 0 Å². The number of thioether (sulfide) groups is 1. The number of carbonyl (C=O) groups excluding carboxylic acids is 1. The molecule has 0 radical (unpaired) electrons. The van der Waals surface area contributed by atoms with E-state index in [4.69, 9.17) is 0 Å². The van der Waals surface area contributed by atoms with E-state index in [-0.39, 0.29) is 5.78 Å². The number of hydrogen-bond donors (Lipinski definition) is 0. The highest BCUT2D eigenvalue weighted by atomic mass is 32.2. The normalized spacial score (nSPS) is 19.4. The number of benzene rings is 1. The predicted molar refractivity (Wildman–Crippen MR) is 60.0 cm³/mol. The first kappa shape index (κ1) is 9.78. The Kier molecular flexibility index (Phi) is 2.64. The van der Waals surface area contributed by atoms with E-state index in [1.807, 2.05) is 11.8 Å². The molecular formula is C12H14OS. The second-order valence-corrected chi connectivity index (χ2v) is 4.98. The van der Waals surface area contributed by atoms with Gasteiger partial charge in [-0.05, 0) is 30.0 Å². The first-order valence-electron chi connectivity index (χ1n) is 4.92. The molecule has 0 fully saturated rings. The molecule has 1 atom stereocenters. The molecule has 0 aliphatic carbocycles. The van der Waals surface area contributed by atoms with Gasteiger partial charge in [0.25, 0.3) is 0 Å². The van der Waals surface area contributed by atoms with Gasteiger partial charge in [-0.3, -0.25) is 4.79 Å². The fraction of sp³-hybridized carbons (Fsp3) is 0.417. The Hall–Kier alpha value is -0.760.